The molecule has 5 N–H and O–H groups in total. The molecule has 4 aliphatic rings. The number of Topliss-reactive ketones (excluding diaryl/α,β-unsaturated/α-hetero) is 1. The molecule has 0 saturated carbocycles. The Morgan fingerprint density at radius 3 is 2.45 bits per heavy atom. The van der Waals surface area contributed by atoms with E-state index in [9.17, 15) is 42.3 Å². The minimum atomic E-state index is -4.00. The number of rotatable bonds is 25. The Balaban J connectivity index is 0.988. The Morgan fingerprint density at radius 2 is 1.75 bits per heavy atom. The van der Waals surface area contributed by atoms with Crippen molar-refractivity contribution < 1.29 is 61.2 Å². The monoisotopic (exact) mass is 1090 g/mol. The van der Waals surface area contributed by atoms with Crippen LogP contribution in [0.5, 0.6) is 17.2 Å². The predicted molar refractivity (Wildman–Crippen MR) is 285 cm³/mol. The molecule has 3 aromatic rings. The first-order chi connectivity index (χ1) is 36.2. The zero-order valence-corrected chi connectivity index (χ0v) is 46.0. The Labute approximate surface area is 449 Å². The molecule has 3 fully saturated rings. The van der Waals surface area contributed by atoms with Crippen molar-refractivity contribution in [1.82, 2.24) is 24.7 Å². The minimum absolute atomic E-state index is 0.0407. The van der Waals surface area contributed by atoms with Crippen LogP contribution in [0.3, 0.4) is 0 Å². The van der Waals surface area contributed by atoms with E-state index in [1.807, 2.05) is 44.2 Å². The van der Waals surface area contributed by atoms with E-state index in [1.165, 1.54) is 21.6 Å². The van der Waals surface area contributed by atoms with E-state index < -0.39 is 57.5 Å². The van der Waals surface area contributed by atoms with E-state index in [4.69, 9.17) is 24.1 Å². The Kier molecular flexibility index (Phi) is 19.1. The number of aliphatic hydroxyl groups is 1. The van der Waals surface area contributed by atoms with E-state index in [0.29, 0.717) is 98.4 Å². The number of likely N-dealkylation sites (tertiary alicyclic amines) is 2. The molecule has 3 aromatic carbocycles. The number of esters is 1. The van der Waals surface area contributed by atoms with Crippen molar-refractivity contribution in [2.75, 3.05) is 47.0 Å². The molecule has 0 spiro atoms. The van der Waals surface area contributed by atoms with Crippen LogP contribution in [0, 0.1) is 17.3 Å². The number of amides is 3. The topological polar surface area (TPSA) is 254 Å². The lowest BCUT2D eigenvalue weighted by Crippen LogP contribution is -2.63. The van der Waals surface area contributed by atoms with E-state index >= 15 is 0 Å². The first kappa shape index (κ1) is 57.9. The van der Waals surface area contributed by atoms with Gasteiger partial charge in [0.05, 0.1) is 44.5 Å². The summed E-state index contributed by atoms with van der Waals surface area (Å²) in [4.78, 5) is 85.6. The van der Waals surface area contributed by atoms with Gasteiger partial charge in [0, 0.05) is 59.3 Å². The molecular formula is C55H72N6O13S2. The zero-order chi connectivity index (χ0) is 55.1. The number of allylic oxidation sites excluding steroid dienone is 1. The van der Waals surface area contributed by atoms with Gasteiger partial charge in [-0.05, 0) is 105 Å². The standard InChI is InChI=1S/C55H72N6O13S2/c1-8-55(4,5)50(64)53(67)60-23-10-9-17-42(60)54(68)74-44(20-18-35-19-21-45(71-6)46(26-35)72-7)37-14-12-16-40(27-37)73-24-22-57-51(65)38-15-11-13-36(25-38)30-59-31-41(28-39(59)29-58-76(56,69)70)75-49-33(2)48-47(34(3)63)52(66)61(48)43(49)32-62/h11-16,19,21,25-27,32-34,39,41-42,44,47-48,58,63H,8-10,17-18,20,22-24,28-31H2,1-7H3,(H,57,65)(H2,56,69,70)/t33-,34-,39+,41+,42+,44-,47-,48-/m1/s1. The number of hydrogen-bond donors (Lipinski definition) is 4. The summed E-state index contributed by atoms with van der Waals surface area (Å²) in [5.74, 6) is -1.56. The summed E-state index contributed by atoms with van der Waals surface area (Å²) in [6.45, 7) is 10.3. The second kappa shape index (κ2) is 25.1. The largest absolute Gasteiger partial charge is 0.493 e. The van der Waals surface area contributed by atoms with Crippen LogP contribution in [0.25, 0.3) is 0 Å². The fourth-order valence-electron chi connectivity index (χ4n) is 10.6. The number of aldehydes is 1. The van der Waals surface area contributed by atoms with Crippen molar-refractivity contribution in [3.05, 3.63) is 99.6 Å². The third kappa shape index (κ3) is 13.5. The number of carbonyl (C=O) groups is 6. The number of thioether (sulfide) groups is 1. The fraction of sp³-hybridized carbons (Fsp3) is 0.527. The van der Waals surface area contributed by atoms with Gasteiger partial charge in [-0.1, -0.05) is 58.0 Å². The van der Waals surface area contributed by atoms with Gasteiger partial charge in [-0.2, -0.15) is 8.42 Å². The number of aryl methyl sites for hydroxylation is 1. The molecule has 412 valence electrons. The molecule has 8 atom stereocenters. The highest BCUT2D eigenvalue weighted by atomic mass is 32.2. The van der Waals surface area contributed by atoms with Crippen molar-refractivity contribution in [3.8, 4) is 17.2 Å². The molecule has 3 amide bonds. The minimum Gasteiger partial charge on any atom is -0.493 e. The highest BCUT2D eigenvalue weighted by Gasteiger charge is 2.59. The molecule has 7 rings (SSSR count). The first-order valence-electron chi connectivity index (χ1n) is 25.9. The molecule has 4 aliphatic heterocycles. The number of piperidine rings is 1. The highest BCUT2D eigenvalue weighted by Crippen LogP contribution is 2.52. The van der Waals surface area contributed by atoms with Crippen LogP contribution < -0.4 is 29.4 Å². The average Bonchev–Trinajstić information content (AvgIpc) is 3.90. The van der Waals surface area contributed by atoms with Crippen LogP contribution in [0.15, 0.2) is 77.3 Å². The lowest BCUT2D eigenvalue weighted by molar-refractivity contribution is -0.164. The third-order valence-electron chi connectivity index (χ3n) is 15.2. The molecule has 21 heteroatoms. The van der Waals surface area contributed by atoms with Gasteiger partial charge in [0.25, 0.3) is 22.0 Å². The van der Waals surface area contributed by atoms with Gasteiger partial charge in [0.2, 0.25) is 11.7 Å². The normalized spacial score (nSPS) is 22.6. The average molecular weight is 1090 g/mol. The summed E-state index contributed by atoms with van der Waals surface area (Å²) in [6.07, 6.45) is 2.67. The number of ether oxygens (including phenoxy) is 4. The Bertz CT molecular complexity index is 2790. The quantitative estimate of drug-likeness (QED) is 0.0291. The van der Waals surface area contributed by atoms with Crippen molar-refractivity contribution >= 4 is 57.7 Å². The maximum Gasteiger partial charge on any atom is 0.329 e. The van der Waals surface area contributed by atoms with Crippen molar-refractivity contribution in [1.29, 1.82) is 0 Å². The van der Waals surface area contributed by atoms with Crippen LogP contribution in [0.4, 0.5) is 0 Å². The molecule has 76 heavy (non-hydrogen) atoms. The van der Waals surface area contributed by atoms with Gasteiger partial charge in [-0.15, -0.1) is 11.8 Å². The first-order valence-corrected chi connectivity index (χ1v) is 28.4. The Hall–Kier alpha value is -5.84. The number of aliphatic hydroxyl groups excluding tert-OH is 1. The third-order valence-corrected chi connectivity index (χ3v) is 17.2. The summed E-state index contributed by atoms with van der Waals surface area (Å²) < 4.78 is 49.8. The molecule has 0 radical (unpaired) electrons. The lowest BCUT2D eigenvalue weighted by Gasteiger charge is -2.46. The molecule has 0 unspecified atom stereocenters. The maximum atomic E-state index is 14.2. The van der Waals surface area contributed by atoms with Crippen LogP contribution in [0.1, 0.15) is 106 Å². The van der Waals surface area contributed by atoms with Crippen LogP contribution in [-0.4, -0.2) is 140 Å². The number of β-lactam (4-membered cyclic amide) rings is 1. The van der Waals surface area contributed by atoms with Crippen LogP contribution in [0.2, 0.25) is 0 Å². The van der Waals surface area contributed by atoms with Crippen molar-refractivity contribution in [2.24, 2.45) is 22.4 Å². The number of benzene rings is 3. The SMILES string of the molecule is CCC(C)(C)C(=O)C(=O)N1CCCC[C@H]1C(=O)O[C@H](CCc1ccc(OC)c(OC)c1)c1cccc(OCCNC(=O)c2cccc(CN3C[C@@H](SC4=C(C=O)N5C(=O)[C@H]([C@@H](C)O)[C@H]5[C@H]4C)C[C@H]3CNS(N)(=O)=O)c2)c1. The number of nitrogens with two attached hydrogens (primary N) is 1. The van der Waals surface area contributed by atoms with Crippen LogP contribution in [-0.2, 0) is 51.9 Å². The summed E-state index contributed by atoms with van der Waals surface area (Å²) in [6, 6.07) is 18.4. The number of fused-ring (bicyclic) bond motifs is 1. The van der Waals surface area contributed by atoms with Crippen molar-refractivity contribution in [2.45, 2.75) is 122 Å². The lowest BCUT2D eigenvalue weighted by atomic mass is 9.79. The number of hydrogen-bond acceptors (Lipinski definition) is 15. The highest BCUT2D eigenvalue weighted by molar-refractivity contribution is 8.03. The maximum absolute atomic E-state index is 14.2. The molecular weight excluding hydrogens is 1020 g/mol. The fourth-order valence-corrected chi connectivity index (χ4v) is 12.6. The van der Waals surface area contributed by atoms with Gasteiger partial charge < -0.3 is 39.2 Å². The van der Waals surface area contributed by atoms with Gasteiger partial charge >= 0.3 is 5.97 Å². The molecule has 3 saturated heterocycles. The number of nitrogens with one attached hydrogen (secondary N) is 2. The van der Waals surface area contributed by atoms with Gasteiger partial charge in [0.1, 0.15) is 24.5 Å². The zero-order valence-electron chi connectivity index (χ0n) is 44.3. The van der Waals surface area contributed by atoms with Gasteiger partial charge in [-0.3, -0.25) is 28.9 Å². The second-order valence-electron chi connectivity index (χ2n) is 20.7. The van der Waals surface area contributed by atoms with E-state index in [0.717, 1.165) is 16.0 Å². The number of ketones is 1. The second-order valence-corrected chi connectivity index (χ2v) is 23.4. The number of methoxy groups -OCH3 is 2. The van der Waals surface area contributed by atoms with Crippen molar-refractivity contribution in [3.63, 3.8) is 0 Å². The summed E-state index contributed by atoms with van der Waals surface area (Å²) in [7, 11) is -0.882. The summed E-state index contributed by atoms with van der Waals surface area (Å²) >= 11 is 1.50. The van der Waals surface area contributed by atoms with Gasteiger partial charge in [-0.25, -0.2) is 14.7 Å². The molecule has 19 nitrogen and oxygen atoms in total. The number of nitrogens with zero attached hydrogens (tertiary/aromatic N) is 3. The van der Waals surface area contributed by atoms with E-state index in [2.05, 4.69) is 14.9 Å². The summed E-state index contributed by atoms with van der Waals surface area (Å²) in [5, 5.41) is 18.5. The summed E-state index contributed by atoms with van der Waals surface area (Å²) in [5.41, 5.74) is 2.21. The molecule has 4 heterocycles. The molecule has 0 aliphatic carbocycles. The van der Waals surface area contributed by atoms with E-state index in [-0.39, 0.29) is 61.3 Å². The van der Waals surface area contributed by atoms with Gasteiger partial charge in [0.15, 0.2) is 17.8 Å². The van der Waals surface area contributed by atoms with Crippen LogP contribution >= 0.6 is 11.8 Å². The van der Waals surface area contributed by atoms with E-state index in [1.54, 1.807) is 71.4 Å². The smallest absolute Gasteiger partial charge is 0.329 e. The molecule has 0 bridgehead atoms. The molecule has 0 aromatic heterocycles. The number of carbonyl (C=O) groups excluding carboxylic acids is 6. The Morgan fingerprint density at radius 1 is 1.00 bits per heavy atom. The predicted octanol–water partition coefficient (Wildman–Crippen LogP) is 4.85.